The summed E-state index contributed by atoms with van der Waals surface area (Å²) < 4.78 is 32.8. The standard InChI is InChI=1S/C25H34F2N4O3/c1-15-9-20(11-22-28-29-23(34-22)18(4)32)17(3)21(10-15)14-30-7-8-31(16(2)13-30)24(33)19-5-6-25(26,27)12-19/h9-10,16,18-19,32H,5-8,11-14H2,1-4H3/t16-,18+,19?/m0/s1. The van der Waals surface area contributed by atoms with Crippen molar-refractivity contribution in [3.05, 3.63) is 46.2 Å². The first-order valence-electron chi connectivity index (χ1n) is 12.0. The van der Waals surface area contributed by atoms with E-state index in [0.29, 0.717) is 31.9 Å². The van der Waals surface area contributed by atoms with Crippen LogP contribution in [0.3, 0.4) is 0 Å². The summed E-state index contributed by atoms with van der Waals surface area (Å²) in [5.41, 5.74) is 4.59. The SMILES string of the molecule is Cc1cc(Cc2nnc([C@@H](C)O)o2)c(C)c(CN2CCN(C(=O)C3CCC(F)(F)C3)[C@@H](C)C2)c1. The van der Waals surface area contributed by atoms with Gasteiger partial charge in [-0.25, -0.2) is 8.78 Å². The highest BCUT2D eigenvalue weighted by atomic mass is 19.3. The summed E-state index contributed by atoms with van der Waals surface area (Å²) in [4.78, 5) is 17.0. The van der Waals surface area contributed by atoms with Crippen molar-refractivity contribution in [3.8, 4) is 0 Å². The molecule has 0 spiro atoms. The third-order valence-corrected chi connectivity index (χ3v) is 7.09. The van der Waals surface area contributed by atoms with Crippen molar-refractivity contribution in [2.75, 3.05) is 19.6 Å². The maximum Gasteiger partial charge on any atom is 0.248 e. The maximum absolute atomic E-state index is 13.6. The van der Waals surface area contributed by atoms with E-state index in [0.717, 1.165) is 23.2 Å². The summed E-state index contributed by atoms with van der Waals surface area (Å²) in [6.07, 6.45) is -0.527. The number of aryl methyl sites for hydroxylation is 1. The zero-order valence-electron chi connectivity index (χ0n) is 20.4. The van der Waals surface area contributed by atoms with Crippen molar-refractivity contribution >= 4 is 5.91 Å². The number of hydrogen-bond donors (Lipinski definition) is 1. The highest BCUT2D eigenvalue weighted by Gasteiger charge is 2.44. The Labute approximate surface area is 199 Å². The van der Waals surface area contributed by atoms with Gasteiger partial charge in [0.05, 0.1) is 6.42 Å². The van der Waals surface area contributed by atoms with E-state index in [1.165, 1.54) is 5.56 Å². The summed E-state index contributed by atoms with van der Waals surface area (Å²) in [7, 11) is 0. The molecule has 1 aromatic carbocycles. The molecule has 1 aromatic heterocycles. The molecular weight excluding hydrogens is 442 g/mol. The van der Waals surface area contributed by atoms with E-state index in [4.69, 9.17) is 4.42 Å². The summed E-state index contributed by atoms with van der Waals surface area (Å²) in [5, 5.41) is 17.6. The molecule has 0 radical (unpaired) electrons. The average molecular weight is 477 g/mol. The molecule has 1 unspecified atom stereocenters. The lowest BCUT2D eigenvalue weighted by Crippen LogP contribution is -2.55. The van der Waals surface area contributed by atoms with Gasteiger partial charge in [0.15, 0.2) is 0 Å². The Kier molecular flexibility index (Phi) is 7.05. The molecule has 34 heavy (non-hydrogen) atoms. The van der Waals surface area contributed by atoms with Gasteiger partial charge in [0, 0.05) is 51.0 Å². The van der Waals surface area contributed by atoms with E-state index in [2.05, 4.69) is 41.1 Å². The average Bonchev–Trinajstić information content (AvgIpc) is 3.37. The number of carbonyl (C=O) groups excluding carboxylic acids is 1. The molecule has 2 aliphatic rings. The predicted octanol–water partition coefficient (Wildman–Crippen LogP) is 3.80. The minimum absolute atomic E-state index is 0.0163. The lowest BCUT2D eigenvalue weighted by atomic mass is 9.96. The number of aliphatic hydroxyl groups excluding tert-OH is 1. The van der Waals surface area contributed by atoms with Crippen LogP contribution in [0.5, 0.6) is 0 Å². The molecule has 2 heterocycles. The molecule has 2 aromatic rings. The number of aliphatic hydroxyl groups is 1. The maximum atomic E-state index is 13.6. The summed E-state index contributed by atoms with van der Waals surface area (Å²) in [5.74, 6) is -2.69. The summed E-state index contributed by atoms with van der Waals surface area (Å²) in [6, 6.07) is 4.27. The van der Waals surface area contributed by atoms with Crippen LogP contribution in [0.15, 0.2) is 16.5 Å². The highest BCUT2D eigenvalue weighted by Crippen LogP contribution is 2.40. The fraction of sp³-hybridized carbons (Fsp3) is 0.640. The second kappa shape index (κ2) is 9.70. The van der Waals surface area contributed by atoms with Crippen molar-refractivity contribution in [1.82, 2.24) is 20.0 Å². The zero-order valence-corrected chi connectivity index (χ0v) is 20.4. The number of alkyl halides is 2. The van der Waals surface area contributed by atoms with E-state index < -0.39 is 17.9 Å². The Balaban J connectivity index is 1.40. The van der Waals surface area contributed by atoms with Gasteiger partial charge in [0.2, 0.25) is 23.6 Å². The zero-order chi connectivity index (χ0) is 24.6. The second-order valence-corrected chi connectivity index (χ2v) is 10.0. The lowest BCUT2D eigenvalue weighted by Gasteiger charge is -2.41. The van der Waals surface area contributed by atoms with Crippen molar-refractivity contribution in [3.63, 3.8) is 0 Å². The van der Waals surface area contributed by atoms with Crippen molar-refractivity contribution in [2.45, 2.75) is 78.0 Å². The Morgan fingerprint density at radius 1 is 1.26 bits per heavy atom. The molecule has 1 saturated carbocycles. The van der Waals surface area contributed by atoms with Gasteiger partial charge in [0.1, 0.15) is 6.10 Å². The minimum atomic E-state index is -2.70. The van der Waals surface area contributed by atoms with Crippen LogP contribution < -0.4 is 0 Å². The van der Waals surface area contributed by atoms with Gasteiger partial charge in [-0.05, 0) is 50.8 Å². The first-order valence-corrected chi connectivity index (χ1v) is 12.0. The van der Waals surface area contributed by atoms with E-state index in [1.807, 2.05) is 6.92 Å². The molecule has 186 valence electrons. The van der Waals surface area contributed by atoms with E-state index in [-0.39, 0.29) is 37.1 Å². The van der Waals surface area contributed by atoms with Crippen LogP contribution in [-0.4, -0.2) is 62.6 Å². The third kappa shape index (κ3) is 5.46. The Morgan fingerprint density at radius 3 is 2.62 bits per heavy atom. The minimum Gasteiger partial charge on any atom is -0.422 e. The van der Waals surface area contributed by atoms with Gasteiger partial charge >= 0.3 is 0 Å². The van der Waals surface area contributed by atoms with Crippen LogP contribution in [0, 0.1) is 19.8 Å². The molecule has 4 rings (SSSR count). The van der Waals surface area contributed by atoms with Gasteiger partial charge in [-0.2, -0.15) is 0 Å². The van der Waals surface area contributed by atoms with E-state index in [1.54, 1.807) is 11.8 Å². The Bertz CT molecular complexity index is 1040. The summed E-state index contributed by atoms with van der Waals surface area (Å²) in [6.45, 7) is 10.5. The lowest BCUT2D eigenvalue weighted by molar-refractivity contribution is -0.141. The molecule has 0 bridgehead atoms. The normalized spacial score (nSPS) is 23.9. The van der Waals surface area contributed by atoms with Crippen LogP contribution >= 0.6 is 0 Å². The van der Waals surface area contributed by atoms with Crippen LogP contribution in [0.25, 0.3) is 0 Å². The Hall–Kier alpha value is -2.39. The number of amides is 1. The van der Waals surface area contributed by atoms with Crippen molar-refractivity contribution in [1.29, 1.82) is 0 Å². The third-order valence-electron chi connectivity index (χ3n) is 7.09. The topological polar surface area (TPSA) is 82.7 Å². The quantitative estimate of drug-likeness (QED) is 0.683. The number of halogens is 2. The molecule has 2 fully saturated rings. The summed E-state index contributed by atoms with van der Waals surface area (Å²) >= 11 is 0. The number of nitrogens with zero attached hydrogens (tertiary/aromatic N) is 4. The number of hydrogen-bond acceptors (Lipinski definition) is 6. The van der Waals surface area contributed by atoms with Crippen molar-refractivity contribution in [2.24, 2.45) is 5.92 Å². The van der Waals surface area contributed by atoms with Crippen LogP contribution in [0.2, 0.25) is 0 Å². The molecule has 1 aliphatic carbocycles. The number of rotatable bonds is 6. The fourth-order valence-corrected chi connectivity index (χ4v) is 5.17. The Morgan fingerprint density at radius 2 is 2.00 bits per heavy atom. The molecule has 3 atom stereocenters. The molecule has 1 saturated heterocycles. The van der Waals surface area contributed by atoms with E-state index in [9.17, 15) is 18.7 Å². The van der Waals surface area contributed by atoms with Gasteiger partial charge in [-0.15, -0.1) is 10.2 Å². The van der Waals surface area contributed by atoms with Gasteiger partial charge in [-0.3, -0.25) is 9.69 Å². The molecular formula is C25H34F2N4O3. The van der Waals surface area contributed by atoms with Gasteiger partial charge in [-0.1, -0.05) is 17.7 Å². The smallest absolute Gasteiger partial charge is 0.248 e. The van der Waals surface area contributed by atoms with Crippen LogP contribution in [0.1, 0.15) is 73.2 Å². The number of benzene rings is 1. The van der Waals surface area contributed by atoms with E-state index >= 15 is 0 Å². The molecule has 1 amide bonds. The molecule has 9 heteroatoms. The number of carbonyl (C=O) groups is 1. The van der Waals surface area contributed by atoms with Crippen LogP contribution in [0.4, 0.5) is 8.78 Å². The molecule has 1 aliphatic heterocycles. The largest absolute Gasteiger partial charge is 0.422 e. The first kappa shape index (κ1) is 24.7. The fourth-order valence-electron chi connectivity index (χ4n) is 5.17. The second-order valence-electron chi connectivity index (χ2n) is 10.0. The monoisotopic (exact) mass is 476 g/mol. The molecule has 7 nitrogen and oxygen atoms in total. The van der Waals surface area contributed by atoms with Crippen molar-refractivity contribution < 1.29 is 23.1 Å². The molecule has 1 N–H and O–H groups in total. The number of aromatic nitrogens is 2. The number of piperazine rings is 1. The van der Waals surface area contributed by atoms with Gasteiger partial charge in [0.25, 0.3) is 0 Å². The van der Waals surface area contributed by atoms with Crippen LogP contribution in [-0.2, 0) is 17.8 Å². The first-order chi connectivity index (χ1) is 16.0. The highest BCUT2D eigenvalue weighted by molar-refractivity contribution is 5.79. The van der Waals surface area contributed by atoms with Gasteiger partial charge < -0.3 is 14.4 Å². The predicted molar refractivity (Wildman–Crippen MR) is 122 cm³/mol.